The van der Waals surface area contributed by atoms with Crippen LogP contribution in [0.2, 0.25) is 0 Å². The molecule has 6 nitrogen and oxygen atoms in total. The van der Waals surface area contributed by atoms with Crippen molar-refractivity contribution in [2.75, 3.05) is 25.2 Å². The molecule has 2 aromatic rings. The van der Waals surface area contributed by atoms with Crippen LogP contribution in [0.5, 0.6) is 23.0 Å². The van der Waals surface area contributed by atoms with Gasteiger partial charge in [-0.15, -0.1) is 0 Å². The molecular weight excluding hydrogens is 569 g/mol. The van der Waals surface area contributed by atoms with Crippen LogP contribution in [-0.2, 0) is 4.57 Å². The second-order valence-electron chi connectivity index (χ2n) is 12.9. The Morgan fingerprint density at radius 3 is 1.34 bits per heavy atom. The molecule has 0 aliphatic heterocycles. The second-order valence-corrected chi connectivity index (χ2v) is 16.2. The lowest BCUT2D eigenvalue weighted by atomic mass is 9.87. The van der Waals surface area contributed by atoms with Gasteiger partial charge in [-0.1, -0.05) is 116 Å². The van der Waals surface area contributed by atoms with Crippen LogP contribution in [0.15, 0.2) is 24.3 Å². The molecule has 2 rings (SSSR count). The zero-order valence-electron chi connectivity index (χ0n) is 28.2. The molecule has 7 heteroatoms. The van der Waals surface area contributed by atoms with Crippen LogP contribution in [0.25, 0.3) is 0 Å². The second kappa shape index (κ2) is 20.8. The van der Waals surface area contributed by atoms with Gasteiger partial charge in [0.05, 0.1) is 0 Å². The Balaban J connectivity index is 2.11. The third kappa shape index (κ3) is 12.7. The van der Waals surface area contributed by atoms with Crippen LogP contribution in [0.1, 0.15) is 145 Å². The summed E-state index contributed by atoms with van der Waals surface area (Å²) in [6.07, 6.45) is 21.4. The highest BCUT2D eigenvalue weighted by atomic mass is 31.2. The van der Waals surface area contributed by atoms with Crippen molar-refractivity contribution in [1.82, 2.24) is 5.32 Å². The highest BCUT2D eigenvalue weighted by Gasteiger charge is 2.26. The predicted molar refractivity (Wildman–Crippen MR) is 186 cm³/mol. The van der Waals surface area contributed by atoms with Crippen molar-refractivity contribution in [3.63, 3.8) is 0 Å². The van der Waals surface area contributed by atoms with E-state index < -0.39 is 13.1 Å². The van der Waals surface area contributed by atoms with E-state index >= 15 is 0 Å². The summed E-state index contributed by atoms with van der Waals surface area (Å²) < 4.78 is 14.3. The number of hydrogen-bond acceptors (Lipinski definition) is 6. The van der Waals surface area contributed by atoms with Gasteiger partial charge in [0.2, 0.25) is 0 Å². The van der Waals surface area contributed by atoms with Crippen LogP contribution >= 0.6 is 7.14 Å². The highest BCUT2D eigenvalue weighted by Crippen LogP contribution is 2.47. The molecule has 0 unspecified atom stereocenters. The fourth-order valence-corrected chi connectivity index (χ4v) is 8.80. The smallest absolute Gasteiger partial charge is 0.126 e. The van der Waals surface area contributed by atoms with Gasteiger partial charge < -0.3 is 30.3 Å². The molecular formula is C37H62NO5P. The maximum absolute atomic E-state index is 14.3. The SMILES string of the molecule is CCCCCCCCCCP(=O)(CCCCCCCCCC)CNCC(c1ccc(O)c(C)c1O)c1ccc(O)c(C)c1O. The van der Waals surface area contributed by atoms with E-state index in [1.54, 1.807) is 38.1 Å². The van der Waals surface area contributed by atoms with E-state index in [1.165, 1.54) is 77.0 Å². The maximum atomic E-state index is 14.3. The molecule has 0 spiro atoms. The molecule has 0 bridgehead atoms. The molecule has 0 aliphatic rings. The molecule has 0 amide bonds. The van der Waals surface area contributed by atoms with E-state index in [4.69, 9.17) is 0 Å². The Labute approximate surface area is 268 Å². The molecule has 0 aliphatic carbocycles. The Morgan fingerprint density at radius 1 is 0.591 bits per heavy atom. The lowest BCUT2D eigenvalue weighted by molar-refractivity contribution is 0.428. The molecule has 0 atom stereocenters. The number of phenolic OH excluding ortho intramolecular Hbond substituents is 4. The highest BCUT2D eigenvalue weighted by molar-refractivity contribution is 7.63. The minimum Gasteiger partial charge on any atom is -0.508 e. The molecule has 0 radical (unpaired) electrons. The summed E-state index contributed by atoms with van der Waals surface area (Å²) in [7, 11) is -2.47. The quantitative estimate of drug-likeness (QED) is 0.0582. The van der Waals surface area contributed by atoms with Crippen LogP contribution in [0.3, 0.4) is 0 Å². The Bertz CT molecular complexity index is 1070. The van der Waals surface area contributed by atoms with Crippen LogP contribution < -0.4 is 5.32 Å². The van der Waals surface area contributed by atoms with Gasteiger partial charge >= 0.3 is 0 Å². The molecule has 0 fully saturated rings. The van der Waals surface area contributed by atoms with Gasteiger partial charge in [-0.05, 0) is 38.8 Å². The first-order valence-corrected chi connectivity index (χ1v) is 19.7. The van der Waals surface area contributed by atoms with Gasteiger partial charge in [0.25, 0.3) is 0 Å². The number of rotatable bonds is 24. The first-order valence-electron chi connectivity index (χ1n) is 17.5. The average Bonchev–Trinajstić information content (AvgIpc) is 3.00. The monoisotopic (exact) mass is 631 g/mol. The molecule has 0 heterocycles. The predicted octanol–water partition coefficient (Wildman–Crippen LogP) is 10.4. The van der Waals surface area contributed by atoms with Gasteiger partial charge in [0.1, 0.15) is 30.1 Å². The number of nitrogens with one attached hydrogen (secondary N) is 1. The van der Waals surface area contributed by atoms with Crippen LogP contribution in [0.4, 0.5) is 0 Å². The van der Waals surface area contributed by atoms with Gasteiger partial charge in [0, 0.05) is 53.3 Å². The van der Waals surface area contributed by atoms with E-state index in [-0.39, 0.29) is 23.0 Å². The molecule has 0 aromatic heterocycles. The van der Waals surface area contributed by atoms with Gasteiger partial charge in [-0.3, -0.25) is 0 Å². The largest absolute Gasteiger partial charge is 0.508 e. The number of aromatic hydroxyl groups is 4. The lowest BCUT2D eigenvalue weighted by Crippen LogP contribution is -2.25. The molecule has 0 saturated heterocycles. The average molecular weight is 632 g/mol. The van der Waals surface area contributed by atoms with Crippen molar-refractivity contribution in [2.45, 2.75) is 136 Å². The number of unbranched alkanes of at least 4 members (excludes halogenated alkanes) is 14. The summed E-state index contributed by atoms with van der Waals surface area (Å²) in [5.41, 5.74) is 1.87. The summed E-state index contributed by atoms with van der Waals surface area (Å²) in [6, 6.07) is 6.45. The van der Waals surface area contributed by atoms with Crippen molar-refractivity contribution < 1.29 is 25.0 Å². The number of phenols is 4. The first-order chi connectivity index (χ1) is 21.1. The van der Waals surface area contributed by atoms with Crippen molar-refractivity contribution in [3.05, 3.63) is 46.5 Å². The molecule has 250 valence electrons. The standard InChI is InChI=1S/C37H62NO5P/c1-5-7-9-11-13-15-17-19-25-44(43,26-20-18-16-14-12-10-8-6-2)28-38-27-33(31-21-23-34(39)29(3)36(31)41)32-22-24-35(40)30(4)37(32)42/h21-24,33,38-42H,5-20,25-28H2,1-4H3. The Morgan fingerprint density at radius 2 is 0.955 bits per heavy atom. The normalized spacial score (nSPS) is 11.9. The van der Waals surface area contributed by atoms with E-state index in [1.807, 2.05) is 0 Å². The fraction of sp³-hybridized carbons (Fsp3) is 0.676. The van der Waals surface area contributed by atoms with Crippen LogP contribution in [-0.4, -0.2) is 45.6 Å². The topological polar surface area (TPSA) is 110 Å². The molecule has 5 N–H and O–H groups in total. The van der Waals surface area contributed by atoms with Gasteiger partial charge in [0.15, 0.2) is 0 Å². The third-order valence-corrected chi connectivity index (χ3v) is 12.3. The molecule has 2 aromatic carbocycles. The third-order valence-electron chi connectivity index (χ3n) is 9.20. The fourth-order valence-electron chi connectivity index (χ4n) is 6.12. The summed E-state index contributed by atoms with van der Waals surface area (Å²) in [5, 5.41) is 45.7. The van der Waals surface area contributed by atoms with Crippen molar-refractivity contribution in [2.24, 2.45) is 0 Å². The molecule has 0 saturated carbocycles. The van der Waals surface area contributed by atoms with E-state index in [0.29, 0.717) is 35.1 Å². The maximum Gasteiger partial charge on any atom is 0.126 e. The van der Waals surface area contributed by atoms with E-state index in [2.05, 4.69) is 19.2 Å². The minimum absolute atomic E-state index is 0.00398. The summed E-state index contributed by atoms with van der Waals surface area (Å²) >= 11 is 0. The summed E-state index contributed by atoms with van der Waals surface area (Å²) in [6.45, 7) is 8.14. The Hall–Kier alpha value is -2.17. The van der Waals surface area contributed by atoms with Crippen molar-refractivity contribution in [3.8, 4) is 23.0 Å². The van der Waals surface area contributed by atoms with Crippen molar-refractivity contribution >= 4 is 7.14 Å². The van der Waals surface area contributed by atoms with E-state index in [0.717, 1.165) is 38.0 Å². The van der Waals surface area contributed by atoms with Gasteiger partial charge in [-0.2, -0.15) is 0 Å². The lowest BCUT2D eigenvalue weighted by Gasteiger charge is -2.25. The number of benzene rings is 2. The summed E-state index contributed by atoms with van der Waals surface area (Å²) in [5.74, 6) is -0.507. The molecule has 44 heavy (non-hydrogen) atoms. The summed E-state index contributed by atoms with van der Waals surface area (Å²) in [4.78, 5) is 0. The van der Waals surface area contributed by atoms with Gasteiger partial charge in [-0.25, -0.2) is 0 Å². The van der Waals surface area contributed by atoms with Crippen molar-refractivity contribution in [1.29, 1.82) is 0 Å². The Kier molecular flexibility index (Phi) is 18.0. The number of hydrogen-bond donors (Lipinski definition) is 5. The minimum atomic E-state index is -2.47. The van der Waals surface area contributed by atoms with Crippen LogP contribution in [0, 0.1) is 13.8 Å². The van der Waals surface area contributed by atoms with E-state index in [9.17, 15) is 25.0 Å². The zero-order chi connectivity index (χ0) is 32.4. The first kappa shape index (κ1) is 38.0. The zero-order valence-corrected chi connectivity index (χ0v) is 29.1.